The van der Waals surface area contributed by atoms with Gasteiger partial charge in [0.05, 0.1) is 0 Å². The molecule has 124 valence electrons. The predicted octanol–water partition coefficient (Wildman–Crippen LogP) is 2.63. The lowest BCUT2D eigenvalue weighted by molar-refractivity contribution is 0.0947. The monoisotopic (exact) mass is 345 g/mol. The van der Waals surface area contributed by atoms with Crippen LogP contribution in [-0.2, 0) is 0 Å². The fourth-order valence-electron chi connectivity index (χ4n) is 3.02. The molecule has 0 spiro atoms. The minimum absolute atomic E-state index is 0. The molecule has 4 nitrogen and oxygen atoms in total. The number of hydrogen-bond donors (Lipinski definition) is 2. The topological polar surface area (TPSA) is 58.4 Å². The van der Waals surface area contributed by atoms with Crippen molar-refractivity contribution >= 4 is 36.4 Å². The Labute approximate surface area is 144 Å². The number of likely N-dealkylation sites (tertiary alicyclic amines) is 1. The predicted molar refractivity (Wildman–Crippen MR) is 95.1 cm³/mol. The number of nitrogens with one attached hydrogen (secondary N) is 1. The van der Waals surface area contributed by atoms with Crippen LogP contribution in [0.25, 0.3) is 0 Å². The highest BCUT2D eigenvalue weighted by Crippen LogP contribution is 2.31. The molecule has 2 aliphatic rings. The fraction of sp³-hybridized carbons (Fsp3) is 0.562. The molecule has 3 rings (SSSR count). The van der Waals surface area contributed by atoms with Gasteiger partial charge in [-0.1, -0.05) is 6.07 Å². The summed E-state index contributed by atoms with van der Waals surface area (Å²) in [7, 11) is 0. The fourth-order valence-corrected chi connectivity index (χ4v) is 3.02. The van der Waals surface area contributed by atoms with E-state index in [1.165, 1.54) is 25.8 Å². The second kappa shape index (κ2) is 8.04. The van der Waals surface area contributed by atoms with Crippen molar-refractivity contribution in [2.75, 3.05) is 25.4 Å². The Kier molecular flexibility index (Phi) is 6.98. The van der Waals surface area contributed by atoms with Gasteiger partial charge in [0.15, 0.2) is 0 Å². The Hall–Kier alpha value is -0.970. The molecule has 1 amide bonds. The van der Waals surface area contributed by atoms with Crippen molar-refractivity contribution < 1.29 is 4.79 Å². The van der Waals surface area contributed by atoms with Gasteiger partial charge in [0.2, 0.25) is 0 Å². The quantitative estimate of drug-likeness (QED) is 0.824. The SMILES string of the molecule is Cc1ccc(N)cc1C(=O)NCC1CCN(C2CC2)C1.Cl.Cl. The molecule has 1 aromatic rings. The van der Waals surface area contributed by atoms with E-state index in [1.54, 1.807) is 6.07 Å². The zero-order valence-electron chi connectivity index (χ0n) is 12.9. The maximum absolute atomic E-state index is 12.2. The Morgan fingerprint density at radius 2 is 2.05 bits per heavy atom. The standard InChI is InChI=1S/C16H23N3O.2ClH/c1-11-2-3-13(17)8-15(11)16(20)18-9-12-6-7-19(10-12)14-4-5-14;;/h2-3,8,12,14H,4-7,9-10,17H2,1H3,(H,18,20);2*1H. The van der Waals surface area contributed by atoms with Gasteiger partial charge in [0.1, 0.15) is 0 Å². The van der Waals surface area contributed by atoms with Gasteiger partial charge in [-0.3, -0.25) is 4.79 Å². The molecule has 1 heterocycles. The molecule has 0 radical (unpaired) electrons. The summed E-state index contributed by atoms with van der Waals surface area (Å²) in [5.74, 6) is 0.598. The molecule has 22 heavy (non-hydrogen) atoms. The van der Waals surface area contributed by atoms with Crippen LogP contribution in [0.4, 0.5) is 5.69 Å². The molecule has 1 aliphatic heterocycles. The lowest BCUT2D eigenvalue weighted by Crippen LogP contribution is -2.31. The van der Waals surface area contributed by atoms with E-state index in [2.05, 4.69) is 10.2 Å². The molecule has 1 atom stereocenters. The van der Waals surface area contributed by atoms with Gasteiger partial charge in [0, 0.05) is 30.4 Å². The van der Waals surface area contributed by atoms with E-state index in [-0.39, 0.29) is 30.7 Å². The van der Waals surface area contributed by atoms with Gasteiger partial charge in [-0.15, -0.1) is 24.8 Å². The average Bonchev–Trinajstić information content (AvgIpc) is 3.18. The van der Waals surface area contributed by atoms with Gasteiger partial charge >= 0.3 is 0 Å². The Bertz CT molecular complexity index is 520. The molecule has 3 N–H and O–H groups in total. The lowest BCUT2D eigenvalue weighted by Gasteiger charge is -2.15. The van der Waals surface area contributed by atoms with E-state index in [4.69, 9.17) is 5.73 Å². The minimum atomic E-state index is -0.000304. The summed E-state index contributed by atoms with van der Waals surface area (Å²) >= 11 is 0. The molecule has 1 saturated carbocycles. The van der Waals surface area contributed by atoms with Crippen LogP contribution in [0.5, 0.6) is 0 Å². The van der Waals surface area contributed by atoms with Crippen molar-refractivity contribution in [3.8, 4) is 0 Å². The van der Waals surface area contributed by atoms with Crippen LogP contribution in [-0.4, -0.2) is 36.5 Å². The van der Waals surface area contributed by atoms with Crippen molar-refractivity contribution in [2.24, 2.45) is 5.92 Å². The largest absolute Gasteiger partial charge is 0.399 e. The highest BCUT2D eigenvalue weighted by molar-refractivity contribution is 5.96. The van der Waals surface area contributed by atoms with E-state index >= 15 is 0 Å². The number of benzene rings is 1. The zero-order chi connectivity index (χ0) is 14.1. The smallest absolute Gasteiger partial charge is 0.251 e. The lowest BCUT2D eigenvalue weighted by atomic mass is 10.1. The Balaban J connectivity index is 0.00000121. The third-order valence-electron chi connectivity index (χ3n) is 4.44. The molecule has 2 fully saturated rings. The zero-order valence-corrected chi connectivity index (χ0v) is 14.5. The first-order chi connectivity index (χ1) is 9.63. The summed E-state index contributed by atoms with van der Waals surface area (Å²) in [6, 6.07) is 6.33. The third-order valence-corrected chi connectivity index (χ3v) is 4.44. The Morgan fingerprint density at radius 1 is 1.32 bits per heavy atom. The van der Waals surface area contributed by atoms with Crippen LogP contribution >= 0.6 is 24.8 Å². The van der Waals surface area contributed by atoms with Crippen molar-refractivity contribution in [1.82, 2.24) is 10.2 Å². The number of aryl methyl sites for hydroxylation is 1. The van der Waals surface area contributed by atoms with Crippen LogP contribution in [0.1, 0.15) is 35.2 Å². The van der Waals surface area contributed by atoms with Gasteiger partial charge in [0.25, 0.3) is 5.91 Å². The molecular weight excluding hydrogens is 321 g/mol. The van der Waals surface area contributed by atoms with E-state index < -0.39 is 0 Å². The van der Waals surface area contributed by atoms with Crippen LogP contribution in [0.2, 0.25) is 0 Å². The van der Waals surface area contributed by atoms with Crippen LogP contribution in [0.3, 0.4) is 0 Å². The molecule has 0 bridgehead atoms. The molecule has 6 heteroatoms. The van der Waals surface area contributed by atoms with Gasteiger partial charge in [-0.25, -0.2) is 0 Å². The summed E-state index contributed by atoms with van der Waals surface area (Å²) in [5.41, 5.74) is 8.07. The number of amides is 1. The van der Waals surface area contributed by atoms with Crippen LogP contribution < -0.4 is 11.1 Å². The summed E-state index contributed by atoms with van der Waals surface area (Å²) < 4.78 is 0. The molecule has 1 aromatic carbocycles. The number of anilines is 1. The number of hydrogen-bond acceptors (Lipinski definition) is 3. The highest BCUT2D eigenvalue weighted by atomic mass is 35.5. The van der Waals surface area contributed by atoms with Crippen molar-refractivity contribution in [3.63, 3.8) is 0 Å². The molecule has 1 saturated heterocycles. The number of nitrogen functional groups attached to an aromatic ring is 1. The normalized spacial score (nSPS) is 20.9. The first kappa shape index (κ1) is 19.1. The highest BCUT2D eigenvalue weighted by Gasteiger charge is 2.34. The minimum Gasteiger partial charge on any atom is -0.399 e. The number of nitrogens with zero attached hydrogens (tertiary/aromatic N) is 1. The van der Waals surface area contributed by atoms with Crippen molar-refractivity contribution in [1.29, 1.82) is 0 Å². The van der Waals surface area contributed by atoms with Gasteiger partial charge < -0.3 is 16.0 Å². The molecule has 1 unspecified atom stereocenters. The van der Waals surface area contributed by atoms with Crippen molar-refractivity contribution in [3.05, 3.63) is 29.3 Å². The Morgan fingerprint density at radius 3 is 2.73 bits per heavy atom. The second-order valence-electron chi connectivity index (χ2n) is 6.17. The summed E-state index contributed by atoms with van der Waals surface area (Å²) in [6.07, 6.45) is 3.93. The maximum Gasteiger partial charge on any atom is 0.251 e. The number of carbonyl (C=O) groups excluding carboxylic acids is 1. The first-order valence-electron chi connectivity index (χ1n) is 7.52. The number of halogens is 2. The van der Waals surface area contributed by atoms with Crippen LogP contribution in [0, 0.1) is 12.8 Å². The van der Waals surface area contributed by atoms with E-state index in [9.17, 15) is 4.79 Å². The maximum atomic E-state index is 12.2. The summed E-state index contributed by atoms with van der Waals surface area (Å²) in [4.78, 5) is 14.8. The van der Waals surface area contributed by atoms with Gasteiger partial charge in [-0.2, -0.15) is 0 Å². The molecule has 0 aromatic heterocycles. The van der Waals surface area contributed by atoms with E-state index in [1.807, 2.05) is 19.1 Å². The van der Waals surface area contributed by atoms with E-state index in [0.29, 0.717) is 17.2 Å². The van der Waals surface area contributed by atoms with Crippen LogP contribution in [0.15, 0.2) is 18.2 Å². The number of nitrogens with two attached hydrogens (primary N) is 1. The number of rotatable bonds is 4. The number of carbonyl (C=O) groups is 1. The first-order valence-corrected chi connectivity index (χ1v) is 7.52. The summed E-state index contributed by atoms with van der Waals surface area (Å²) in [6.45, 7) is 5.05. The van der Waals surface area contributed by atoms with Crippen molar-refractivity contribution in [2.45, 2.75) is 32.2 Å². The van der Waals surface area contributed by atoms with E-state index in [0.717, 1.165) is 24.7 Å². The third kappa shape index (κ3) is 4.51. The molecule has 1 aliphatic carbocycles. The average molecular weight is 346 g/mol. The second-order valence-corrected chi connectivity index (χ2v) is 6.17. The molecular formula is C16H25Cl2N3O. The summed E-state index contributed by atoms with van der Waals surface area (Å²) in [5, 5.41) is 3.07. The van der Waals surface area contributed by atoms with Gasteiger partial charge in [-0.05, 0) is 56.3 Å².